The standard InChI is InChI=1S/C19H19N3O3/c1-13-18(14(2)25-22-13)16-9-6-10-17(21-16)19(23)20-11-12-24-15-7-4-3-5-8-15/h3-10H,11-12H2,1-2H3,(H,20,23). The van der Waals surface area contributed by atoms with Crippen LogP contribution < -0.4 is 10.1 Å². The number of hydrogen-bond acceptors (Lipinski definition) is 5. The number of amides is 1. The van der Waals surface area contributed by atoms with E-state index in [0.29, 0.717) is 30.3 Å². The van der Waals surface area contributed by atoms with Crippen molar-refractivity contribution in [2.45, 2.75) is 13.8 Å². The summed E-state index contributed by atoms with van der Waals surface area (Å²) in [6, 6.07) is 14.8. The summed E-state index contributed by atoms with van der Waals surface area (Å²) in [6.45, 7) is 4.45. The van der Waals surface area contributed by atoms with E-state index in [9.17, 15) is 4.79 Å². The van der Waals surface area contributed by atoms with E-state index in [2.05, 4.69) is 15.5 Å². The number of carbonyl (C=O) groups is 1. The molecule has 0 spiro atoms. The zero-order valence-corrected chi connectivity index (χ0v) is 14.2. The van der Waals surface area contributed by atoms with E-state index < -0.39 is 0 Å². The van der Waals surface area contributed by atoms with Crippen molar-refractivity contribution in [2.24, 2.45) is 0 Å². The van der Waals surface area contributed by atoms with Gasteiger partial charge in [0.05, 0.1) is 23.5 Å². The highest BCUT2D eigenvalue weighted by Gasteiger charge is 2.15. The van der Waals surface area contributed by atoms with Crippen molar-refractivity contribution in [3.8, 4) is 17.0 Å². The van der Waals surface area contributed by atoms with Crippen LogP contribution in [0.5, 0.6) is 5.75 Å². The Morgan fingerprint density at radius 2 is 1.92 bits per heavy atom. The van der Waals surface area contributed by atoms with Crippen LogP contribution in [0.2, 0.25) is 0 Å². The molecule has 0 unspecified atom stereocenters. The molecule has 3 rings (SSSR count). The van der Waals surface area contributed by atoms with Crippen LogP contribution in [-0.2, 0) is 0 Å². The summed E-state index contributed by atoms with van der Waals surface area (Å²) in [5.41, 5.74) is 2.59. The predicted octanol–water partition coefficient (Wildman–Crippen LogP) is 3.16. The molecule has 25 heavy (non-hydrogen) atoms. The van der Waals surface area contributed by atoms with E-state index in [0.717, 1.165) is 17.0 Å². The molecule has 0 radical (unpaired) electrons. The number of hydrogen-bond donors (Lipinski definition) is 1. The number of rotatable bonds is 6. The average Bonchev–Trinajstić information content (AvgIpc) is 2.98. The fourth-order valence-electron chi connectivity index (χ4n) is 2.49. The molecule has 1 N–H and O–H groups in total. The summed E-state index contributed by atoms with van der Waals surface area (Å²) in [6.07, 6.45) is 0. The molecule has 6 heteroatoms. The maximum absolute atomic E-state index is 12.3. The van der Waals surface area contributed by atoms with Crippen LogP contribution in [0.4, 0.5) is 0 Å². The Hall–Kier alpha value is -3.15. The van der Waals surface area contributed by atoms with Gasteiger partial charge in [-0.05, 0) is 38.1 Å². The summed E-state index contributed by atoms with van der Waals surface area (Å²) in [5, 5.41) is 6.73. The summed E-state index contributed by atoms with van der Waals surface area (Å²) in [4.78, 5) is 16.7. The van der Waals surface area contributed by atoms with Crippen LogP contribution >= 0.6 is 0 Å². The second kappa shape index (κ2) is 7.61. The minimum atomic E-state index is -0.245. The molecule has 0 saturated heterocycles. The zero-order valence-electron chi connectivity index (χ0n) is 14.2. The number of aryl methyl sites for hydroxylation is 2. The van der Waals surface area contributed by atoms with E-state index in [-0.39, 0.29) is 5.91 Å². The van der Waals surface area contributed by atoms with Crippen molar-refractivity contribution in [3.05, 3.63) is 65.7 Å². The first-order chi connectivity index (χ1) is 12.1. The summed E-state index contributed by atoms with van der Waals surface area (Å²) in [5.74, 6) is 1.21. The van der Waals surface area contributed by atoms with Gasteiger partial charge in [0.15, 0.2) is 0 Å². The molecule has 3 aromatic rings. The molecule has 6 nitrogen and oxygen atoms in total. The van der Waals surface area contributed by atoms with Gasteiger partial charge in [0, 0.05) is 0 Å². The third kappa shape index (κ3) is 4.03. The van der Waals surface area contributed by atoms with E-state index in [1.165, 1.54) is 0 Å². The second-order valence-corrected chi connectivity index (χ2v) is 5.52. The first kappa shape index (κ1) is 16.7. The number of nitrogens with one attached hydrogen (secondary N) is 1. The summed E-state index contributed by atoms with van der Waals surface area (Å²) < 4.78 is 10.7. The lowest BCUT2D eigenvalue weighted by Crippen LogP contribution is -2.28. The molecule has 0 saturated carbocycles. The molecule has 0 atom stereocenters. The van der Waals surface area contributed by atoms with Crippen LogP contribution in [0.15, 0.2) is 53.1 Å². The molecule has 1 amide bonds. The highest BCUT2D eigenvalue weighted by Crippen LogP contribution is 2.24. The highest BCUT2D eigenvalue weighted by molar-refractivity contribution is 5.92. The van der Waals surface area contributed by atoms with Gasteiger partial charge in [-0.3, -0.25) is 4.79 Å². The van der Waals surface area contributed by atoms with Gasteiger partial charge in [0.2, 0.25) is 0 Å². The van der Waals surface area contributed by atoms with Crippen molar-refractivity contribution in [3.63, 3.8) is 0 Å². The Bertz CT molecular complexity index is 840. The second-order valence-electron chi connectivity index (χ2n) is 5.52. The lowest BCUT2D eigenvalue weighted by Gasteiger charge is -2.08. The molecule has 0 fully saturated rings. The van der Waals surface area contributed by atoms with Crippen LogP contribution in [-0.4, -0.2) is 29.2 Å². The van der Waals surface area contributed by atoms with Crippen molar-refractivity contribution in [2.75, 3.05) is 13.2 Å². The number of nitrogens with zero attached hydrogens (tertiary/aromatic N) is 2. The fraction of sp³-hybridized carbons (Fsp3) is 0.211. The lowest BCUT2D eigenvalue weighted by atomic mass is 10.1. The fourth-order valence-corrected chi connectivity index (χ4v) is 2.49. The van der Waals surface area contributed by atoms with E-state index in [4.69, 9.17) is 9.26 Å². The van der Waals surface area contributed by atoms with Gasteiger partial charge in [0.25, 0.3) is 5.91 Å². The Balaban J connectivity index is 1.60. The Labute approximate surface area is 145 Å². The Kier molecular flexibility index (Phi) is 5.09. The molecule has 2 aromatic heterocycles. The molecular weight excluding hydrogens is 318 g/mol. The smallest absolute Gasteiger partial charge is 0.270 e. The van der Waals surface area contributed by atoms with Crippen LogP contribution in [0, 0.1) is 13.8 Å². The first-order valence-corrected chi connectivity index (χ1v) is 8.01. The van der Waals surface area contributed by atoms with Gasteiger partial charge < -0.3 is 14.6 Å². The lowest BCUT2D eigenvalue weighted by molar-refractivity contribution is 0.0942. The van der Waals surface area contributed by atoms with Gasteiger partial charge in [0.1, 0.15) is 23.8 Å². The van der Waals surface area contributed by atoms with E-state index in [1.54, 1.807) is 12.1 Å². The molecule has 0 aliphatic carbocycles. The molecule has 1 aromatic carbocycles. The SMILES string of the molecule is Cc1noc(C)c1-c1cccc(C(=O)NCCOc2ccccc2)n1. The number of ether oxygens (including phenoxy) is 1. The first-order valence-electron chi connectivity index (χ1n) is 8.01. The number of pyridine rings is 1. The minimum Gasteiger partial charge on any atom is -0.492 e. The minimum absolute atomic E-state index is 0.245. The van der Waals surface area contributed by atoms with Gasteiger partial charge in [-0.25, -0.2) is 4.98 Å². The van der Waals surface area contributed by atoms with Gasteiger partial charge in [-0.2, -0.15) is 0 Å². The average molecular weight is 337 g/mol. The monoisotopic (exact) mass is 337 g/mol. The van der Waals surface area contributed by atoms with E-state index in [1.807, 2.05) is 50.2 Å². The number of para-hydroxylation sites is 1. The topological polar surface area (TPSA) is 77.2 Å². The molecule has 0 aliphatic rings. The third-order valence-electron chi connectivity index (χ3n) is 3.67. The van der Waals surface area contributed by atoms with Crippen molar-refractivity contribution >= 4 is 5.91 Å². The number of carbonyl (C=O) groups excluding carboxylic acids is 1. The van der Waals surface area contributed by atoms with Gasteiger partial charge in [-0.15, -0.1) is 0 Å². The molecule has 128 valence electrons. The quantitative estimate of drug-likeness (QED) is 0.699. The number of benzene rings is 1. The summed E-state index contributed by atoms with van der Waals surface area (Å²) >= 11 is 0. The molecule has 0 aliphatic heterocycles. The van der Waals surface area contributed by atoms with Crippen LogP contribution in [0.3, 0.4) is 0 Å². The normalized spacial score (nSPS) is 10.5. The Morgan fingerprint density at radius 3 is 2.64 bits per heavy atom. The van der Waals surface area contributed by atoms with Crippen LogP contribution in [0.1, 0.15) is 21.9 Å². The van der Waals surface area contributed by atoms with Crippen LogP contribution in [0.25, 0.3) is 11.3 Å². The van der Waals surface area contributed by atoms with Crippen molar-refractivity contribution in [1.29, 1.82) is 0 Å². The Morgan fingerprint density at radius 1 is 1.12 bits per heavy atom. The summed E-state index contributed by atoms with van der Waals surface area (Å²) in [7, 11) is 0. The largest absolute Gasteiger partial charge is 0.492 e. The highest BCUT2D eigenvalue weighted by atomic mass is 16.5. The number of aromatic nitrogens is 2. The zero-order chi connectivity index (χ0) is 17.6. The maximum atomic E-state index is 12.3. The van der Waals surface area contributed by atoms with E-state index >= 15 is 0 Å². The van der Waals surface area contributed by atoms with Gasteiger partial charge >= 0.3 is 0 Å². The maximum Gasteiger partial charge on any atom is 0.270 e. The molecule has 2 heterocycles. The molecular formula is C19H19N3O3. The predicted molar refractivity (Wildman–Crippen MR) is 93.5 cm³/mol. The van der Waals surface area contributed by atoms with Gasteiger partial charge in [-0.1, -0.05) is 29.4 Å². The van der Waals surface area contributed by atoms with Crippen molar-refractivity contribution in [1.82, 2.24) is 15.5 Å². The third-order valence-corrected chi connectivity index (χ3v) is 3.67. The molecule has 0 bridgehead atoms. The van der Waals surface area contributed by atoms with Crippen molar-refractivity contribution < 1.29 is 14.1 Å².